The first-order valence-corrected chi connectivity index (χ1v) is 5.13. The molecule has 0 heterocycles. The lowest BCUT2D eigenvalue weighted by molar-refractivity contribution is -0.296. The van der Waals surface area contributed by atoms with Gasteiger partial charge in [-0.05, 0) is 0 Å². The van der Waals surface area contributed by atoms with E-state index in [-0.39, 0.29) is 0 Å². The van der Waals surface area contributed by atoms with E-state index in [1.807, 2.05) is 0 Å². The molecule has 0 aliphatic carbocycles. The molecule has 21 heavy (non-hydrogen) atoms. The highest BCUT2D eigenvalue weighted by Gasteiger charge is 2.57. The molecule has 0 bridgehead atoms. The average molecular weight is 336 g/mol. The van der Waals surface area contributed by atoms with Crippen LogP contribution in [0.2, 0.25) is 0 Å². The van der Waals surface area contributed by atoms with Crippen molar-refractivity contribution in [3.05, 3.63) is 0 Å². The van der Waals surface area contributed by atoms with Crippen LogP contribution in [0.15, 0.2) is 0 Å². The third-order valence-electron chi connectivity index (χ3n) is 1.89. The van der Waals surface area contributed by atoms with Crippen LogP contribution in [0.3, 0.4) is 0 Å². The fourth-order valence-corrected chi connectivity index (χ4v) is 0.750. The second-order valence-electron chi connectivity index (χ2n) is 3.73. The molecule has 0 atom stereocenters. The summed E-state index contributed by atoms with van der Waals surface area (Å²) in [4.78, 5) is 10.7. The summed E-state index contributed by atoms with van der Waals surface area (Å²) in [6.07, 6.45) is -10.9. The molecule has 0 radical (unpaired) electrons. The first-order chi connectivity index (χ1) is 9.29. The van der Waals surface area contributed by atoms with Gasteiger partial charge >= 0.3 is 30.4 Å². The quantitative estimate of drug-likeness (QED) is 0.388. The fourth-order valence-electron chi connectivity index (χ4n) is 0.750. The lowest BCUT2D eigenvalue weighted by atomic mass is 10.3. The zero-order valence-electron chi connectivity index (χ0n) is 10.0. The summed E-state index contributed by atoms with van der Waals surface area (Å²) >= 11 is 0. The maximum Gasteiger partial charge on any atom is 0.455 e. The zero-order chi connectivity index (χ0) is 16.9. The molecule has 0 fully saturated rings. The monoisotopic (exact) mass is 336 g/mol. The summed E-state index contributed by atoms with van der Waals surface area (Å²) < 4.78 is 115. The Morgan fingerprint density at radius 1 is 0.952 bits per heavy atom. The van der Waals surface area contributed by atoms with Crippen molar-refractivity contribution in [1.29, 1.82) is 0 Å². The number of hydrogen-bond donors (Lipinski definition) is 0. The number of carbonyl (C=O) groups is 1. The third kappa shape index (κ3) is 6.87. The van der Waals surface area contributed by atoms with Crippen molar-refractivity contribution in [1.82, 2.24) is 0 Å². The van der Waals surface area contributed by atoms with Crippen LogP contribution >= 0.6 is 0 Å². The number of rotatable bonds is 8. The van der Waals surface area contributed by atoms with E-state index >= 15 is 0 Å². The highest BCUT2D eigenvalue weighted by Crippen LogP contribution is 2.35. The zero-order valence-corrected chi connectivity index (χ0v) is 10.0. The van der Waals surface area contributed by atoms with E-state index in [1.54, 1.807) is 0 Å². The van der Waals surface area contributed by atoms with Crippen LogP contribution in [0.4, 0.5) is 39.5 Å². The summed E-state index contributed by atoms with van der Waals surface area (Å²) in [5.74, 6) is -11.2. The summed E-state index contributed by atoms with van der Waals surface area (Å²) in [6, 6.07) is 0. The molecule has 0 unspecified atom stereocenters. The number of hydrogen-bond acceptors (Lipinski definition) is 3. The van der Waals surface area contributed by atoms with Crippen molar-refractivity contribution < 1.29 is 53.8 Å². The van der Waals surface area contributed by atoms with Gasteiger partial charge in [-0.3, -0.25) is 4.79 Å². The Morgan fingerprint density at radius 3 is 1.90 bits per heavy atom. The van der Waals surface area contributed by atoms with E-state index in [1.165, 1.54) is 0 Å². The number of esters is 1. The lowest BCUT2D eigenvalue weighted by Gasteiger charge is -2.19. The second-order valence-corrected chi connectivity index (χ2v) is 3.73. The SMILES string of the molecule is O=C(CCOCC(F)(F)C(F)(F)F)OCC(F)(F)C(F)F. The molecule has 0 spiro atoms. The Morgan fingerprint density at radius 2 is 1.48 bits per heavy atom. The van der Waals surface area contributed by atoms with E-state index in [2.05, 4.69) is 9.47 Å². The van der Waals surface area contributed by atoms with Crippen LogP contribution in [0, 0.1) is 0 Å². The van der Waals surface area contributed by atoms with Gasteiger partial charge in [0.15, 0.2) is 6.61 Å². The summed E-state index contributed by atoms with van der Waals surface area (Å²) in [7, 11) is 0. The molecule has 0 aromatic carbocycles. The highest BCUT2D eigenvalue weighted by molar-refractivity contribution is 5.69. The molecule has 3 nitrogen and oxygen atoms in total. The number of carbonyl (C=O) groups excluding carboxylic acids is 1. The Kier molecular flexibility index (Phi) is 6.77. The summed E-state index contributed by atoms with van der Waals surface area (Å²) in [5.41, 5.74) is 0. The molecule has 0 saturated carbocycles. The largest absolute Gasteiger partial charge is 0.459 e. The smallest absolute Gasteiger partial charge is 0.455 e. The Labute approximate surface area is 112 Å². The molecule has 0 aliphatic rings. The van der Waals surface area contributed by atoms with E-state index in [0.29, 0.717) is 0 Å². The van der Waals surface area contributed by atoms with Crippen LogP contribution in [0.25, 0.3) is 0 Å². The maximum atomic E-state index is 12.3. The first kappa shape index (κ1) is 19.8. The minimum absolute atomic E-state index is 0.951. The first-order valence-electron chi connectivity index (χ1n) is 5.13. The molecule has 0 aliphatic heterocycles. The Balaban J connectivity index is 3.97. The van der Waals surface area contributed by atoms with Crippen LogP contribution < -0.4 is 0 Å². The van der Waals surface area contributed by atoms with Crippen LogP contribution in [-0.2, 0) is 14.3 Å². The minimum atomic E-state index is -5.84. The topological polar surface area (TPSA) is 35.5 Å². The normalized spacial score (nSPS) is 13.6. The van der Waals surface area contributed by atoms with Crippen molar-refractivity contribution in [3.63, 3.8) is 0 Å². The van der Waals surface area contributed by atoms with Gasteiger partial charge in [0, 0.05) is 0 Å². The maximum absolute atomic E-state index is 12.3. The molecule has 12 heteroatoms. The van der Waals surface area contributed by atoms with Crippen molar-refractivity contribution in [3.8, 4) is 0 Å². The van der Waals surface area contributed by atoms with E-state index in [0.717, 1.165) is 0 Å². The number of halogens is 9. The average Bonchev–Trinajstić information content (AvgIpc) is 2.30. The van der Waals surface area contributed by atoms with Gasteiger partial charge in [0.25, 0.3) is 0 Å². The minimum Gasteiger partial charge on any atom is -0.459 e. The van der Waals surface area contributed by atoms with E-state index in [4.69, 9.17) is 0 Å². The molecule has 0 aromatic rings. The third-order valence-corrected chi connectivity index (χ3v) is 1.89. The Hall–Kier alpha value is -1.20. The summed E-state index contributed by atoms with van der Waals surface area (Å²) in [6.45, 7) is -5.00. The summed E-state index contributed by atoms with van der Waals surface area (Å²) in [5, 5.41) is 0. The van der Waals surface area contributed by atoms with E-state index in [9.17, 15) is 44.3 Å². The molecular weight excluding hydrogens is 327 g/mol. The predicted molar refractivity (Wildman–Crippen MR) is 48.3 cm³/mol. The van der Waals surface area contributed by atoms with Crippen LogP contribution in [0.5, 0.6) is 0 Å². The van der Waals surface area contributed by atoms with Gasteiger partial charge in [-0.25, -0.2) is 8.78 Å². The molecule has 0 N–H and O–H groups in total. The van der Waals surface area contributed by atoms with Gasteiger partial charge in [-0.2, -0.15) is 30.7 Å². The van der Waals surface area contributed by atoms with Gasteiger partial charge in [0.05, 0.1) is 13.0 Å². The second kappa shape index (κ2) is 7.18. The highest BCUT2D eigenvalue weighted by atomic mass is 19.4. The van der Waals surface area contributed by atoms with Crippen molar-refractivity contribution >= 4 is 5.97 Å². The van der Waals surface area contributed by atoms with Gasteiger partial charge < -0.3 is 9.47 Å². The Bertz CT molecular complexity index is 340. The fraction of sp³-hybridized carbons (Fsp3) is 0.889. The van der Waals surface area contributed by atoms with Gasteiger partial charge in [0.1, 0.15) is 6.61 Å². The van der Waals surface area contributed by atoms with Crippen molar-refractivity contribution in [2.45, 2.75) is 30.9 Å². The molecule has 0 saturated heterocycles. The lowest BCUT2D eigenvalue weighted by Crippen LogP contribution is -2.41. The van der Waals surface area contributed by atoms with Crippen molar-refractivity contribution in [2.75, 3.05) is 19.8 Å². The van der Waals surface area contributed by atoms with E-state index < -0.39 is 56.7 Å². The van der Waals surface area contributed by atoms with Gasteiger partial charge in [-0.1, -0.05) is 0 Å². The standard InChI is InChI=1S/C9H9F9O3/c10-6(11)7(12,13)3-21-5(19)1-2-20-4-8(14,15)9(16,17)18/h6H,1-4H2. The predicted octanol–water partition coefficient (Wildman–Crippen LogP) is 3.03. The molecule has 0 aromatic heterocycles. The number of ether oxygens (including phenoxy) is 2. The van der Waals surface area contributed by atoms with Crippen LogP contribution in [0.1, 0.15) is 6.42 Å². The van der Waals surface area contributed by atoms with Crippen LogP contribution in [-0.4, -0.2) is 50.2 Å². The van der Waals surface area contributed by atoms with Gasteiger partial charge in [-0.15, -0.1) is 0 Å². The van der Waals surface area contributed by atoms with Crippen molar-refractivity contribution in [2.24, 2.45) is 0 Å². The molecule has 126 valence electrons. The molecular formula is C9H9F9O3. The van der Waals surface area contributed by atoms with Gasteiger partial charge in [0.2, 0.25) is 0 Å². The molecule has 0 rings (SSSR count). The molecule has 0 amide bonds. The number of alkyl halides is 9.